The predicted octanol–water partition coefficient (Wildman–Crippen LogP) is 2.57. The van der Waals surface area contributed by atoms with Crippen LogP contribution in [-0.4, -0.2) is 52.5 Å². The Bertz CT molecular complexity index is 599. The number of likely N-dealkylation sites (tertiary alicyclic amines) is 1. The molecular formula is C18H26N2O4. The summed E-state index contributed by atoms with van der Waals surface area (Å²) in [6, 6.07) is 2.04. The molecular weight excluding hydrogens is 308 g/mol. The van der Waals surface area contributed by atoms with Gasteiger partial charge >= 0.3 is 6.09 Å². The van der Waals surface area contributed by atoms with Gasteiger partial charge in [-0.1, -0.05) is 0 Å². The van der Waals surface area contributed by atoms with Gasteiger partial charge in [-0.2, -0.15) is 0 Å². The molecule has 1 aromatic heterocycles. The van der Waals surface area contributed by atoms with Gasteiger partial charge in [0.05, 0.1) is 12.2 Å². The van der Waals surface area contributed by atoms with E-state index >= 15 is 0 Å². The maximum Gasteiger partial charge on any atom is 0.410 e. The van der Waals surface area contributed by atoms with Crippen LogP contribution in [0, 0.1) is 5.92 Å². The highest BCUT2D eigenvalue weighted by atomic mass is 16.6. The van der Waals surface area contributed by atoms with E-state index in [1.54, 1.807) is 11.1 Å². The van der Waals surface area contributed by atoms with Gasteiger partial charge in [-0.25, -0.2) is 4.79 Å². The summed E-state index contributed by atoms with van der Waals surface area (Å²) in [5.41, 5.74) is 0.633. The van der Waals surface area contributed by atoms with Crippen molar-refractivity contribution in [1.29, 1.82) is 0 Å². The standard InChI is InChI=1S/C18H26N2O4/c1-18(2,3)24-17(22)20-5-4-14(20)11-23-15-6-12(8-19-9-15)16-7-13(16)10-21/h6,8-9,13-14,16,21H,4-5,7,10-11H2,1-3H3/t13-,14-,16-/m0/s1. The van der Waals surface area contributed by atoms with Gasteiger partial charge < -0.3 is 19.5 Å². The van der Waals surface area contributed by atoms with Gasteiger partial charge in [0.2, 0.25) is 0 Å². The summed E-state index contributed by atoms with van der Waals surface area (Å²) in [7, 11) is 0. The molecule has 6 nitrogen and oxygen atoms in total. The van der Waals surface area contributed by atoms with Crippen LogP contribution in [0.3, 0.4) is 0 Å². The van der Waals surface area contributed by atoms with Gasteiger partial charge in [0.25, 0.3) is 0 Å². The second-order valence-corrected chi connectivity index (χ2v) is 7.67. The van der Waals surface area contributed by atoms with Crippen LogP contribution in [0.5, 0.6) is 5.75 Å². The number of ether oxygens (including phenoxy) is 2. The molecule has 0 radical (unpaired) electrons. The fourth-order valence-corrected chi connectivity index (χ4v) is 2.94. The zero-order valence-corrected chi connectivity index (χ0v) is 14.6. The van der Waals surface area contributed by atoms with Crippen molar-refractivity contribution in [2.45, 2.75) is 51.2 Å². The first-order valence-electron chi connectivity index (χ1n) is 8.55. The smallest absolute Gasteiger partial charge is 0.410 e. The summed E-state index contributed by atoms with van der Waals surface area (Å²) in [4.78, 5) is 18.0. The zero-order valence-electron chi connectivity index (χ0n) is 14.6. The van der Waals surface area contributed by atoms with Crippen molar-refractivity contribution >= 4 is 6.09 Å². The Morgan fingerprint density at radius 2 is 2.21 bits per heavy atom. The normalized spacial score (nSPS) is 25.8. The molecule has 1 N–H and O–H groups in total. The van der Waals surface area contributed by atoms with Crippen molar-refractivity contribution in [3.05, 3.63) is 24.0 Å². The molecule has 132 valence electrons. The molecule has 6 heteroatoms. The highest BCUT2D eigenvalue weighted by Gasteiger charge is 2.38. The summed E-state index contributed by atoms with van der Waals surface area (Å²) in [6.07, 6.45) is 5.18. The topological polar surface area (TPSA) is 71.9 Å². The molecule has 3 atom stereocenters. The van der Waals surface area contributed by atoms with Crippen molar-refractivity contribution in [2.24, 2.45) is 5.92 Å². The lowest BCUT2D eigenvalue weighted by Gasteiger charge is -2.40. The molecule has 1 aromatic rings. The fraction of sp³-hybridized carbons (Fsp3) is 0.667. The van der Waals surface area contributed by atoms with Gasteiger partial charge in [0.15, 0.2) is 0 Å². The molecule has 0 aromatic carbocycles. The van der Waals surface area contributed by atoms with E-state index in [4.69, 9.17) is 9.47 Å². The third-order valence-corrected chi connectivity index (χ3v) is 4.53. The number of rotatable bonds is 5. The average molecular weight is 334 g/mol. The first-order valence-corrected chi connectivity index (χ1v) is 8.55. The van der Waals surface area contributed by atoms with Crippen molar-refractivity contribution in [3.63, 3.8) is 0 Å². The van der Waals surface area contributed by atoms with Crippen LogP contribution in [0.1, 0.15) is 45.1 Å². The highest BCUT2D eigenvalue weighted by molar-refractivity contribution is 5.69. The number of carbonyl (C=O) groups excluding carboxylic acids is 1. The molecule has 2 fully saturated rings. The number of amides is 1. The molecule has 24 heavy (non-hydrogen) atoms. The van der Waals surface area contributed by atoms with Crippen LogP contribution in [-0.2, 0) is 4.74 Å². The second kappa shape index (κ2) is 6.59. The second-order valence-electron chi connectivity index (χ2n) is 7.67. The Labute approximate surface area is 142 Å². The Kier molecular flexibility index (Phi) is 4.67. The molecule has 0 bridgehead atoms. The summed E-state index contributed by atoms with van der Waals surface area (Å²) >= 11 is 0. The molecule has 1 amide bonds. The average Bonchev–Trinajstić information content (AvgIpc) is 3.24. The molecule has 1 saturated carbocycles. The number of aromatic nitrogens is 1. The Balaban J connectivity index is 1.51. The lowest BCUT2D eigenvalue weighted by molar-refractivity contribution is -0.0141. The van der Waals surface area contributed by atoms with E-state index in [9.17, 15) is 9.90 Å². The first kappa shape index (κ1) is 17.0. The van der Waals surface area contributed by atoms with Crippen LogP contribution >= 0.6 is 0 Å². The monoisotopic (exact) mass is 334 g/mol. The first-order chi connectivity index (χ1) is 11.4. The Morgan fingerprint density at radius 3 is 2.79 bits per heavy atom. The van der Waals surface area contributed by atoms with Crippen LogP contribution < -0.4 is 4.74 Å². The van der Waals surface area contributed by atoms with E-state index in [-0.39, 0.29) is 18.7 Å². The summed E-state index contributed by atoms with van der Waals surface area (Å²) in [5.74, 6) is 1.47. The summed E-state index contributed by atoms with van der Waals surface area (Å²) in [5, 5.41) is 9.18. The third-order valence-electron chi connectivity index (χ3n) is 4.53. The number of nitrogens with zero attached hydrogens (tertiary/aromatic N) is 2. The minimum atomic E-state index is -0.482. The predicted molar refractivity (Wildman–Crippen MR) is 89.0 cm³/mol. The van der Waals surface area contributed by atoms with E-state index < -0.39 is 5.60 Å². The number of aliphatic hydroxyl groups excluding tert-OH is 1. The summed E-state index contributed by atoms with van der Waals surface area (Å²) in [6.45, 7) is 6.98. The van der Waals surface area contributed by atoms with E-state index in [2.05, 4.69) is 4.98 Å². The quantitative estimate of drug-likeness (QED) is 0.896. The SMILES string of the molecule is CC(C)(C)OC(=O)N1CC[C@H]1COc1cncc([C@@H]2C[C@H]2CO)c1. The Morgan fingerprint density at radius 1 is 1.42 bits per heavy atom. The minimum Gasteiger partial charge on any atom is -0.490 e. The van der Waals surface area contributed by atoms with Gasteiger partial charge in [0.1, 0.15) is 18.0 Å². The van der Waals surface area contributed by atoms with E-state index in [0.29, 0.717) is 30.7 Å². The highest BCUT2D eigenvalue weighted by Crippen LogP contribution is 2.47. The van der Waals surface area contributed by atoms with Crippen LogP contribution in [0.2, 0.25) is 0 Å². The zero-order chi connectivity index (χ0) is 17.3. The van der Waals surface area contributed by atoms with Gasteiger partial charge in [0, 0.05) is 19.3 Å². The Hall–Kier alpha value is -1.82. The lowest BCUT2D eigenvalue weighted by Crippen LogP contribution is -2.55. The third kappa shape index (κ3) is 3.98. The van der Waals surface area contributed by atoms with Gasteiger partial charge in [-0.3, -0.25) is 4.98 Å². The summed E-state index contributed by atoms with van der Waals surface area (Å²) < 4.78 is 11.2. The van der Waals surface area contributed by atoms with Gasteiger partial charge in [-0.15, -0.1) is 0 Å². The molecule has 1 aliphatic carbocycles. The fourth-order valence-electron chi connectivity index (χ4n) is 2.94. The molecule has 0 unspecified atom stereocenters. The number of pyridine rings is 1. The molecule has 1 aliphatic heterocycles. The largest absolute Gasteiger partial charge is 0.490 e. The van der Waals surface area contributed by atoms with Crippen molar-refractivity contribution in [1.82, 2.24) is 9.88 Å². The van der Waals surface area contributed by atoms with Crippen LogP contribution in [0.15, 0.2) is 18.5 Å². The van der Waals surface area contributed by atoms with Crippen LogP contribution in [0.4, 0.5) is 4.79 Å². The van der Waals surface area contributed by atoms with Gasteiger partial charge in [-0.05, 0) is 57.1 Å². The van der Waals surface area contributed by atoms with Crippen molar-refractivity contribution in [2.75, 3.05) is 19.8 Å². The maximum atomic E-state index is 12.1. The number of aliphatic hydroxyl groups is 1. The molecule has 0 spiro atoms. The molecule has 2 aliphatic rings. The maximum absolute atomic E-state index is 12.1. The number of hydrogen-bond acceptors (Lipinski definition) is 5. The van der Waals surface area contributed by atoms with E-state index in [1.165, 1.54) is 0 Å². The van der Waals surface area contributed by atoms with E-state index in [0.717, 1.165) is 18.4 Å². The minimum absolute atomic E-state index is 0.0506. The molecule has 1 saturated heterocycles. The lowest BCUT2D eigenvalue weighted by atomic mass is 10.1. The number of hydrogen-bond donors (Lipinski definition) is 1. The van der Waals surface area contributed by atoms with Crippen molar-refractivity contribution < 1.29 is 19.4 Å². The molecule has 3 rings (SSSR count). The number of carbonyl (C=O) groups is 1. The van der Waals surface area contributed by atoms with E-state index in [1.807, 2.05) is 33.0 Å². The van der Waals surface area contributed by atoms with Crippen molar-refractivity contribution in [3.8, 4) is 5.75 Å². The molecule has 2 heterocycles. The van der Waals surface area contributed by atoms with Crippen LogP contribution in [0.25, 0.3) is 0 Å².